The third-order valence-corrected chi connectivity index (χ3v) is 4.64. The van der Waals surface area contributed by atoms with E-state index in [0.717, 1.165) is 4.90 Å². The highest BCUT2D eigenvalue weighted by molar-refractivity contribution is 6.26. The Balaban J connectivity index is 1.63. The molecule has 1 aliphatic rings. The molecule has 0 bridgehead atoms. The number of imide groups is 1. The van der Waals surface area contributed by atoms with E-state index in [-0.39, 0.29) is 37.8 Å². The van der Waals surface area contributed by atoms with E-state index in [9.17, 15) is 19.2 Å². The van der Waals surface area contributed by atoms with Crippen LogP contribution in [0, 0.1) is 0 Å². The van der Waals surface area contributed by atoms with Crippen molar-refractivity contribution in [2.45, 2.75) is 19.4 Å². The normalized spacial score (nSPS) is 13.5. The zero-order valence-corrected chi connectivity index (χ0v) is 16.9. The van der Waals surface area contributed by atoms with E-state index in [2.05, 4.69) is 0 Å². The van der Waals surface area contributed by atoms with Crippen LogP contribution < -0.4 is 9.80 Å². The number of esters is 1. The van der Waals surface area contributed by atoms with Crippen LogP contribution in [0.1, 0.15) is 18.4 Å². The van der Waals surface area contributed by atoms with Gasteiger partial charge in [-0.2, -0.15) is 0 Å². The molecule has 4 amide bonds. The molecule has 156 valence electrons. The molecule has 1 aliphatic heterocycles. The minimum Gasteiger partial charge on any atom is -0.461 e. The molecule has 0 radical (unpaired) electrons. The fourth-order valence-corrected chi connectivity index (χ4v) is 3.02. The number of benzene rings is 2. The molecule has 0 N–H and O–H groups in total. The Labute approximate surface area is 174 Å². The number of carbonyl (C=O) groups is 4. The van der Waals surface area contributed by atoms with E-state index in [4.69, 9.17) is 4.74 Å². The highest BCUT2D eigenvalue weighted by Gasteiger charge is 2.37. The Morgan fingerprint density at radius 2 is 1.67 bits per heavy atom. The predicted octanol–water partition coefficient (Wildman–Crippen LogP) is 2.57. The molecule has 1 heterocycles. The smallest absolute Gasteiger partial charge is 0.336 e. The quantitative estimate of drug-likeness (QED) is 0.518. The summed E-state index contributed by atoms with van der Waals surface area (Å²) in [5.74, 6) is -0.930. The van der Waals surface area contributed by atoms with Gasteiger partial charge < -0.3 is 9.64 Å². The van der Waals surface area contributed by atoms with Crippen LogP contribution in [0.25, 0.3) is 0 Å². The number of nitrogens with zero attached hydrogens (tertiary/aromatic N) is 3. The van der Waals surface area contributed by atoms with Crippen molar-refractivity contribution in [2.75, 3.05) is 30.4 Å². The molecule has 30 heavy (non-hydrogen) atoms. The summed E-state index contributed by atoms with van der Waals surface area (Å²) < 4.78 is 5.22. The molecule has 1 saturated heterocycles. The number of urea groups is 1. The number of hydrogen-bond acceptors (Lipinski definition) is 5. The van der Waals surface area contributed by atoms with E-state index in [1.165, 1.54) is 9.80 Å². The van der Waals surface area contributed by atoms with Crippen LogP contribution in [-0.2, 0) is 25.7 Å². The first kappa shape index (κ1) is 21.0. The summed E-state index contributed by atoms with van der Waals surface area (Å²) in [5, 5.41) is 0. The van der Waals surface area contributed by atoms with Crippen LogP contribution >= 0.6 is 0 Å². The molecule has 8 heteroatoms. The Bertz CT molecular complexity index is 958. The summed E-state index contributed by atoms with van der Waals surface area (Å²) >= 11 is 0. The molecule has 3 rings (SSSR count). The van der Waals surface area contributed by atoms with E-state index in [1.807, 2.05) is 6.07 Å². The lowest BCUT2D eigenvalue weighted by atomic mass is 10.2. The average molecular weight is 409 g/mol. The molecule has 0 aromatic heterocycles. The van der Waals surface area contributed by atoms with Crippen molar-refractivity contribution < 1.29 is 23.9 Å². The Morgan fingerprint density at radius 1 is 0.967 bits per heavy atom. The SMILES string of the molecule is CN(C)C(=O)CCC(=O)OCc1cccc(N2CC(=O)N(c3ccccc3)C2=O)c1. The molecule has 0 aliphatic carbocycles. The minimum atomic E-state index is -0.474. The molecule has 0 atom stereocenters. The van der Waals surface area contributed by atoms with Gasteiger partial charge in [-0.05, 0) is 29.8 Å². The van der Waals surface area contributed by atoms with Gasteiger partial charge in [0.15, 0.2) is 0 Å². The largest absolute Gasteiger partial charge is 0.461 e. The molecule has 0 saturated carbocycles. The second kappa shape index (κ2) is 9.21. The second-order valence-corrected chi connectivity index (χ2v) is 7.05. The first-order valence-electron chi connectivity index (χ1n) is 9.51. The predicted molar refractivity (Wildman–Crippen MR) is 111 cm³/mol. The van der Waals surface area contributed by atoms with Gasteiger partial charge in [0.25, 0.3) is 5.91 Å². The first-order valence-corrected chi connectivity index (χ1v) is 9.51. The third kappa shape index (κ3) is 4.83. The van der Waals surface area contributed by atoms with Crippen LogP contribution in [0.15, 0.2) is 54.6 Å². The molecular weight excluding hydrogens is 386 g/mol. The van der Waals surface area contributed by atoms with Crippen LogP contribution in [0.5, 0.6) is 0 Å². The van der Waals surface area contributed by atoms with Crippen molar-refractivity contribution in [2.24, 2.45) is 0 Å². The van der Waals surface area contributed by atoms with Crippen molar-refractivity contribution in [1.29, 1.82) is 0 Å². The van der Waals surface area contributed by atoms with Gasteiger partial charge >= 0.3 is 12.0 Å². The monoisotopic (exact) mass is 409 g/mol. The second-order valence-electron chi connectivity index (χ2n) is 7.05. The maximum atomic E-state index is 12.8. The van der Waals surface area contributed by atoms with Crippen molar-refractivity contribution in [3.05, 3.63) is 60.2 Å². The summed E-state index contributed by atoms with van der Waals surface area (Å²) in [6.45, 7) is -0.0508. The molecule has 1 fully saturated rings. The summed E-state index contributed by atoms with van der Waals surface area (Å²) in [5.41, 5.74) is 1.74. The van der Waals surface area contributed by atoms with Gasteiger partial charge in [0.1, 0.15) is 13.2 Å². The number of amides is 4. The summed E-state index contributed by atoms with van der Waals surface area (Å²) in [6.07, 6.45) is 0.0907. The lowest BCUT2D eigenvalue weighted by Crippen LogP contribution is -2.32. The first-order chi connectivity index (χ1) is 14.4. The number of ether oxygens (including phenoxy) is 1. The maximum absolute atomic E-state index is 12.8. The number of carbonyl (C=O) groups excluding carboxylic acids is 4. The Hall–Kier alpha value is -3.68. The van der Waals surface area contributed by atoms with E-state index in [1.54, 1.807) is 62.6 Å². The lowest BCUT2D eigenvalue weighted by molar-refractivity contribution is -0.147. The van der Waals surface area contributed by atoms with Crippen LogP contribution in [0.4, 0.5) is 16.2 Å². The average Bonchev–Trinajstić information content (AvgIpc) is 3.05. The van der Waals surface area contributed by atoms with Gasteiger partial charge in [-0.25, -0.2) is 9.69 Å². The number of hydrogen-bond donors (Lipinski definition) is 0. The fraction of sp³-hybridized carbons (Fsp3) is 0.273. The van der Waals surface area contributed by atoms with E-state index >= 15 is 0 Å². The minimum absolute atomic E-state index is 0.00184. The zero-order chi connectivity index (χ0) is 21.7. The van der Waals surface area contributed by atoms with Crippen molar-refractivity contribution >= 4 is 35.2 Å². The van der Waals surface area contributed by atoms with Gasteiger partial charge in [-0.15, -0.1) is 0 Å². The fourth-order valence-electron chi connectivity index (χ4n) is 3.02. The zero-order valence-electron chi connectivity index (χ0n) is 16.9. The summed E-state index contributed by atoms with van der Waals surface area (Å²) in [7, 11) is 3.25. The molecule has 0 spiro atoms. The van der Waals surface area contributed by atoms with E-state index < -0.39 is 12.0 Å². The van der Waals surface area contributed by atoms with Crippen molar-refractivity contribution in [3.63, 3.8) is 0 Å². The molecule has 8 nitrogen and oxygen atoms in total. The highest BCUT2D eigenvalue weighted by atomic mass is 16.5. The molecule has 2 aromatic rings. The van der Waals surface area contributed by atoms with Crippen molar-refractivity contribution in [3.8, 4) is 0 Å². The maximum Gasteiger partial charge on any atom is 0.336 e. The van der Waals surface area contributed by atoms with Crippen LogP contribution in [0.3, 0.4) is 0 Å². The van der Waals surface area contributed by atoms with Gasteiger partial charge in [0.2, 0.25) is 5.91 Å². The van der Waals surface area contributed by atoms with Gasteiger partial charge in [-0.1, -0.05) is 30.3 Å². The number of rotatable bonds is 7. The summed E-state index contributed by atoms with van der Waals surface area (Å²) in [4.78, 5) is 52.6. The van der Waals surface area contributed by atoms with Crippen molar-refractivity contribution in [1.82, 2.24) is 4.90 Å². The standard InChI is InChI=1S/C22H23N3O5/c1-23(2)19(26)11-12-21(28)30-15-16-7-6-10-18(13-16)24-14-20(27)25(22(24)29)17-8-4-3-5-9-17/h3-10,13H,11-12,14-15H2,1-2H3. The molecule has 2 aromatic carbocycles. The molecular formula is C22H23N3O5. The lowest BCUT2D eigenvalue weighted by Gasteiger charge is -2.18. The highest BCUT2D eigenvalue weighted by Crippen LogP contribution is 2.26. The third-order valence-electron chi connectivity index (χ3n) is 4.64. The van der Waals surface area contributed by atoms with E-state index in [0.29, 0.717) is 16.9 Å². The Morgan fingerprint density at radius 3 is 2.37 bits per heavy atom. The van der Waals surface area contributed by atoms with Crippen LogP contribution in [-0.4, -0.2) is 49.4 Å². The van der Waals surface area contributed by atoms with Gasteiger partial charge in [0.05, 0.1) is 12.1 Å². The summed E-state index contributed by atoms with van der Waals surface area (Å²) in [6, 6.07) is 15.2. The number of para-hydroxylation sites is 1. The number of anilines is 2. The molecule has 0 unspecified atom stereocenters. The topological polar surface area (TPSA) is 87.2 Å². The van der Waals surface area contributed by atoms with Crippen LogP contribution in [0.2, 0.25) is 0 Å². The Kier molecular flexibility index (Phi) is 6.46. The van der Waals surface area contributed by atoms with Gasteiger partial charge in [-0.3, -0.25) is 19.3 Å². The van der Waals surface area contributed by atoms with Gasteiger partial charge in [0, 0.05) is 26.2 Å².